The second-order valence-corrected chi connectivity index (χ2v) is 11.2. The normalized spacial score (nSPS) is 11.3. The van der Waals surface area contributed by atoms with Crippen LogP contribution in [0.25, 0.3) is 0 Å². The minimum atomic E-state index is -3.48. The smallest absolute Gasteiger partial charge is 0.206 e. The Balaban J connectivity index is 0.000000191. The summed E-state index contributed by atoms with van der Waals surface area (Å²) >= 11 is 0. The number of hydrogen-bond acceptors (Lipinski definition) is 8. The van der Waals surface area contributed by atoms with Crippen LogP contribution in [0.1, 0.15) is 0 Å². The van der Waals surface area contributed by atoms with Gasteiger partial charge in [-0.05, 0) is 97.1 Å². The largest absolute Gasteiger partial charge is 0.399 e. The van der Waals surface area contributed by atoms with Gasteiger partial charge in [0.1, 0.15) is 0 Å². The average molecular weight is 497 g/mol. The van der Waals surface area contributed by atoms with Gasteiger partial charge < -0.3 is 22.9 Å². The Morgan fingerprint density at radius 2 is 0.471 bits per heavy atom. The minimum Gasteiger partial charge on any atom is -0.399 e. The zero-order valence-corrected chi connectivity index (χ0v) is 19.6. The molecule has 0 fully saturated rings. The predicted molar refractivity (Wildman–Crippen MR) is 134 cm³/mol. The Morgan fingerprint density at radius 1 is 0.324 bits per heavy atom. The molecule has 0 unspecified atom stereocenters. The number of nitrogen functional groups attached to an aromatic ring is 4. The summed E-state index contributed by atoms with van der Waals surface area (Å²) in [6, 6.07) is 24.4. The third-order valence-corrected chi connectivity index (χ3v) is 8.33. The molecular formula is C24H24N4O4S2. The van der Waals surface area contributed by atoms with Crippen LogP contribution in [0.3, 0.4) is 0 Å². The summed E-state index contributed by atoms with van der Waals surface area (Å²) in [4.78, 5) is 0.876. The Kier molecular flexibility index (Phi) is 7.14. The van der Waals surface area contributed by atoms with Gasteiger partial charge in [0.25, 0.3) is 0 Å². The van der Waals surface area contributed by atoms with Crippen molar-refractivity contribution in [1.29, 1.82) is 0 Å². The molecule has 4 aromatic rings. The fraction of sp³-hybridized carbons (Fsp3) is 0. The lowest BCUT2D eigenvalue weighted by atomic mass is 10.3. The van der Waals surface area contributed by atoms with Gasteiger partial charge in [-0.2, -0.15) is 0 Å². The summed E-state index contributed by atoms with van der Waals surface area (Å²) in [5.41, 5.74) is 24.2. The number of rotatable bonds is 4. The highest BCUT2D eigenvalue weighted by molar-refractivity contribution is 7.91. The molecule has 8 N–H and O–H groups in total. The predicted octanol–water partition coefficient (Wildman–Crippen LogP) is 3.37. The van der Waals surface area contributed by atoms with E-state index >= 15 is 0 Å². The van der Waals surface area contributed by atoms with Crippen molar-refractivity contribution >= 4 is 42.4 Å². The van der Waals surface area contributed by atoms with Crippen LogP contribution in [-0.4, -0.2) is 16.8 Å². The molecule has 0 spiro atoms. The molecule has 0 radical (unpaired) electrons. The SMILES string of the molecule is Nc1ccc(S(=O)(=O)c2ccc(N)cc2)cc1.Nc1ccc(S(=O)(=O)c2ccc(N)cc2)cc1. The zero-order valence-electron chi connectivity index (χ0n) is 18.0. The Morgan fingerprint density at radius 3 is 0.618 bits per heavy atom. The van der Waals surface area contributed by atoms with E-state index in [9.17, 15) is 16.8 Å². The maximum Gasteiger partial charge on any atom is 0.206 e. The second kappa shape index (κ2) is 9.86. The molecule has 0 heterocycles. The van der Waals surface area contributed by atoms with E-state index in [1.54, 1.807) is 48.5 Å². The summed E-state index contributed by atoms with van der Waals surface area (Å²) in [5.74, 6) is 0. The highest BCUT2D eigenvalue weighted by Crippen LogP contribution is 2.23. The van der Waals surface area contributed by atoms with E-state index in [1.807, 2.05) is 0 Å². The molecule has 0 aliphatic heterocycles. The molecule has 4 rings (SSSR count). The van der Waals surface area contributed by atoms with Gasteiger partial charge in [-0.3, -0.25) is 0 Å². The van der Waals surface area contributed by atoms with Gasteiger partial charge in [-0.15, -0.1) is 0 Å². The average Bonchev–Trinajstić information content (AvgIpc) is 2.81. The van der Waals surface area contributed by atoms with E-state index in [0.29, 0.717) is 22.7 Å². The third-order valence-electron chi connectivity index (χ3n) is 4.76. The van der Waals surface area contributed by atoms with Crippen molar-refractivity contribution in [3.05, 3.63) is 97.1 Å². The van der Waals surface area contributed by atoms with Crippen molar-refractivity contribution in [3.8, 4) is 0 Å². The number of benzene rings is 4. The van der Waals surface area contributed by atoms with Gasteiger partial charge in [0, 0.05) is 22.7 Å². The van der Waals surface area contributed by atoms with Gasteiger partial charge in [0.05, 0.1) is 19.6 Å². The molecule has 0 aromatic heterocycles. The van der Waals surface area contributed by atoms with E-state index in [1.165, 1.54) is 48.5 Å². The molecule has 0 bridgehead atoms. The molecular weight excluding hydrogens is 472 g/mol. The lowest BCUT2D eigenvalue weighted by Crippen LogP contribution is -2.02. The first kappa shape index (κ1) is 24.6. The maximum atomic E-state index is 12.2. The lowest BCUT2D eigenvalue weighted by Gasteiger charge is -2.05. The highest BCUT2D eigenvalue weighted by Gasteiger charge is 2.17. The summed E-state index contributed by atoms with van der Waals surface area (Å²) in [7, 11) is -6.97. The zero-order chi connectivity index (χ0) is 24.9. The van der Waals surface area contributed by atoms with E-state index in [0.717, 1.165) is 0 Å². The van der Waals surface area contributed by atoms with Crippen LogP contribution in [-0.2, 0) is 19.7 Å². The van der Waals surface area contributed by atoms with Crippen LogP contribution in [0.4, 0.5) is 22.7 Å². The van der Waals surface area contributed by atoms with E-state index < -0.39 is 19.7 Å². The summed E-state index contributed by atoms with van der Waals surface area (Å²) in [6.07, 6.45) is 0. The monoisotopic (exact) mass is 496 g/mol. The molecule has 10 heteroatoms. The van der Waals surface area contributed by atoms with Crippen LogP contribution >= 0.6 is 0 Å². The molecule has 0 saturated heterocycles. The minimum absolute atomic E-state index is 0.219. The molecule has 34 heavy (non-hydrogen) atoms. The van der Waals surface area contributed by atoms with Crippen molar-refractivity contribution in [3.63, 3.8) is 0 Å². The molecule has 0 aliphatic carbocycles. The van der Waals surface area contributed by atoms with Crippen LogP contribution in [0, 0.1) is 0 Å². The first-order valence-corrected chi connectivity index (χ1v) is 12.9. The topological polar surface area (TPSA) is 172 Å². The number of hydrogen-bond donors (Lipinski definition) is 4. The fourth-order valence-corrected chi connectivity index (χ4v) is 5.38. The van der Waals surface area contributed by atoms with Crippen LogP contribution in [0.5, 0.6) is 0 Å². The standard InChI is InChI=1S/2C12H12N2O2S/c2*13-9-1-5-11(6-2-9)17(15,16)12-7-3-10(14)4-8-12/h2*1-8H,13-14H2. The summed E-state index contributed by atoms with van der Waals surface area (Å²) in [6.45, 7) is 0. The van der Waals surface area contributed by atoms with Crippen molar-refractivity contribution in [2.45, 2.75) is 19.6 Å². The molecule has 176 valence electrons. The van der Waals surface area contributed by atoms with E-state index in [-0.39, 0.29) is 19.6 Å². The third kappa shape index (κ3) is 5.66. The van der Waals surface area contributed by atoms with Gasteiger partial charge in [-0.25, -0.2) is 16.8 Å². The lowest BCUT2D eigenvalue weighted by molar-refractivity contribution is 0.594. The Bertz CT molecular complexity index is 1250. The van der Waals surface area contributed by atoms with E-state index in [2.05, 4.69) is 0 Å². The molecule has 0 amide bonds. The molecule has 0 saturated carbocycles. The molecule has 8 nitrogen and oxygen atoms in total. The number of sulfone groups is 2. The van der Waals surface area contributed by atoms with Gasteiger partial charge in [-0.1, -0.05) is 0 Å². The van der Waals surface area contributed by atoms with Crippen LogP contribution < -0.4 is 22.9 Å². The number of nitrogens with two attached hydrogens (primary N) is 4. The first-order valence-electron chi connectivity index (χ1n) is 9.92. The molecule has 4 aromatic carbocycles. The maximum absolute atomic E-state index is 12.2. The van der Waals surface area contributed by atoms with Crippen molar-refractivity contribution < 1.29 is 16.8 Å². The van der Waals surface area contributed by atoms with Gasteiger partial charge in [0.2, 0.25) is 19.7 Å². The second-order valence-electron chi connectivity index (χ2n) is 7.28. The van der Waals surface area contributed by atoms with Gasteiger partial charge in [0.15, 0.2) is 0 Å². The van der Waals surface area contributed by atoms with Gasteiger partial charge >= 0.3 is 0 Å². The quantitative estimate of drug-likeness (QED) is 0.311. The highest BCUT2D eigenvalue weighted by atomic mass is 32.2. The van der Waals surface area contributed by atoms with Crippen LogP contribution in [0.15, 0.2) is 117 Å². The molecule has 0 atom stereocenters. The first-order chi connectivity index (χ1) is 16.0. The Labute approximate surface area is 198 Å². The van der Waals surface area contributed by atoms with Crippen molar-refractivity contribution in [1.82, 2.24) is 0 Å². The molecule has 0 aliphatic rings. The Hall–Kier alpha value is -4.02. The number of anilines is 4. The summed E-state index contributed by atoms with van der Waals surface area (Å²) in [5, 5.41) is 0. The van der Waals surface area contributed by atoms with E-state index in [4.69, 9.17) is 22.9 Å². The van der Waals surface area contributed by atoms with Crippen molar-refractivity contribution in [2.24, 2.45) is 0 Å². The fourth-order valence-electron chi connectivity index (χ4n) is 2.86. The van der Waals surface area contributed by atoms with Crippen molar-refractivity contribution in [2.75, 3.05) is 22.9 Å². The van der Waals surface area contributed by atoms with Crippen LogP contribution in [0.2, 0.25) is 0 Å². The summed E-state index contributed by atoms with van der Waals surface area (Å²) < 4.78 is 48.7.